The van der Waals surface area contributed by atoms with E-state index < -0.39 is 6.36 Å². The lowest BCUT2D eigenvalue weighted by molar-refractivity contribution is -0.274. The highest BCUT2D eigenvalue weighted by molar-refractivity contribution is 9.10. The van der Waals surface area contributed by atoms with Gasteiger partial charge >= 0.3 is 6.36 Å². The maximum Gasteiger partial charge on any atom is 0.573 e. The lowest BCUT2D eigenvalue weighted by Gasteiger charge is -2.30. The average Bonchev–Trinajstić information content (AvgIpc) is 2.45. The average molecular weight is 396 g/mol. The Bertz CT molecular complexity index is 503. The molecule has 1 aliphatic heterocycles. The summed E-state index contributed by atoms with van der Waals surface area (Å²) < 4.78 is 46.4. The van der Waals surface area contributed by atoms with Crippen LogP contribution in [0.25, 0.3) is 0 Å². The van der Waals surface area contributed by atoms with Crippen molar-refractivity contribution in [3.8, 4) is 11.5 Å². The molecule has 0 aliphatic carbocycles. The molecule has 23 heavy (non-hydrogen) atoms. The lowest BCUT2D eigenvalue weighted by atomic mass is 9.99. The quantitative estimate of drug-likeness (QED) is 0.642. The van der Waals surface area contributed by atoms with E-state index in [4.69, 9.17) is 4.74 Å². The predicted octanol–water partition coefficient (Wildman–Crippen LogP) is 4.85. The topological polar surface area (TPSA) is 21.7 Å². The molecule has 130 valence electrons. The number of likely N-dealkylation sites (tertiary alicyclic amines) is 1. The fraction of sp³-hybridized carbons (Fsp3) is 0.625. The molecule has 1 heterocycles. The number of ether oxygens (including phenoxy) is 2. The van der Waals surface area contributed by atoms with Crippen molar-refractivity contribution < 1.29 is 22.6 Å². The normalized spacial score (nSPS) is 17.3. The zero-order valence-corrected chi connectivity index (χ0v) is 14.6. The summed E-state index contributed by atoms with van der Waals surface area (Å²) in [5, 5.41) is 0. The molecule has 0 aromatic heterocycles. The van der Waals surface area contributed by atoms with Gasteiger partial charge in [0.2, 0.25) is 0 Å². The van der Waals surface area contributed by atoms with Gasteiger partial charge in [0.05, 0.1) is 11.1 Å². The monoisotopic (exact) mass is 395 g/mol. The molecule has 0 saturated carbocycles. The van der Waals surface area contributed by atoms with Crippen LogP contribution in [0.1, 0.15) is 26.2 Å². The van der Waals surface area contributed by atoms with Crippen LogP contribution < -0.4 is 9.47 Å². The standard InChI is InChI=1S/C16H21BrF3NO2/c1-12-5-8-21(9-6-12)7-2-10-22-15-4-3-13(11-14(15)17)23-16(18,19)20/h3-4,11-12H,2,5-10H2,1H3. The summed E-state index contributed by atoms with van der Waals surface area (Å²) in [7, 11) is 0. The molecular formula is C16H21BrF3NO2. The van der Waals surface area contributed by atoms with Gasteiger partial charge < -0.3 is 14.4 Å². The van der Waals surface area contributed by atoms with Crippen LogP contribution in [0.15, 0.2) is 22.7 Å². The van der Waals surface area contributed by atoms with Gasteiger partial charge in [0.15, 0.2) is 0 Å². The summed E-state index contributed by atoms with van der Waals surface area (Å²) in [5.74, 6) is 1.07. The molecular weight excluding hydrogens is 375 g/mol. The highest BCUT2D eigenvalue weighted by Crippen LogP contribution is 2.32. The van der Waals surface area contributed by atoms with Crippen LogP contribution in [-0.4, -0.2) is 37.5 Å². The van der Waals surface area contributed by atoms with Crippen LogP contribution in [0.5, 0.6) is 11.5 Å². The Labute approximate surface area is 142 Å². The molecule has 0 spiro atoms. The van der Waals surface area contributed by atoms with Gasteiger partial charge in [-0.1, -0.05) is 6.92 Å². The summed E-state index contributed by atoms with van der Waals surface area (Å²) in [4.78, 5) is 2.43. The van der Waals surface area contributed by atoms with Crippen molar-refractivity contribution >= 4 is 15.9 Å². The summed E-state index contributed by atoms with van der Waals surface area (Å²) in [6.45, 7) is 6.07. The molecule has 2 rings (SSSR count). The third kappa shape index (κ3) is 6.59. The van der Waals surface area contributed by atoms with Gasteiger partial charge in [0, 0.05) is 6.54 Å². The van der Waals surface area contributed by atoms with E-state index in [9.17, 15) is 13.2 Å². The van der Waals surface area contributed by atoms with Gasteiger partial charge in [-0.2, -0.15) is 0 Å². The lowest BCUT2D eigenvalue weighted by Crippen LogP contribution is -2.34. The van der Waals surface area contributed by atoms with Gasteiger partial charge in [-0.25, -0.2) is 0 Å². The highest BCUT2D eigenvalue weighted by Gasteiger charge is 2.31. The maximum absolute atomic E-state index is 12.1. The first kappa shape index (κ1) is 18.4. The maximum atomic E-state index is 12.1. The first-order chi connectivity index (χ1) is 10.8. The molecule has 1 aromatic rings. The molecule has 1 aromatic carbocycles. The number of alkyl halides is 3. The number of nitrogens with zero attached hydrogens (tertiary/aromatic N) is 1. The zero-order valence-electron chi connectivity index (χ0n) is 13.0. The molecule has 0 atom stereocenters. The summed E-state index contributed by atoms with van der Waals surface area (Å²) in [6, 6.07) is 3.99. The van der Waals surface area contributed by atoms with Crippen molar-refractivity contribution in [1.29, 1.82) is 0 Å². The fourth-order valence-electron chi connectivity index (χ4n) is 2.55. The van der Waals surface area contributed by atoms with Crippen molar-refractivity contribution in [2.45, 2.75) is 32.5 Å². The minimum atomic E-state index is -4.69. The van der Waals surface area contributed by atoms with E-state index in [0.29, 0.717) is 16.8 Å². The Morgan fingerprint density at radius 2 is 1.96 bits per heavy atom. The van der Waals surface area contributed by atoms with Crippen LogP contribution in [0.2, 0.25) is 0 Å². The van der Waals surface area contributed by atoms with Gasteiger partial charge in [-0.05, 0) is 72.4 Å². The SMILES string of the molecule is CC1CCN(CCCOc2ccc(OC(F)(F)F)cc2Br)CC1. The van der Waals surface area contributed by atoms with E-state index in [1.165, 1.54) is 31.0 Å². The Morgan fingerprint density at radius 1 is 1.26 bits per heavy atom. The van der Waals surface area contributed by atoms with Gasteiger partial charge in [-0.15, -0.1) is 13.2 Å². The predicted molar refractivity (Wildman–Crippen MR) is 85.8 cm³/mol. The Kier molecular flexibility index (Phi) is 6.59. The summed E-state index contributed by atoms with van der Waals surface area (Å²) in [5.41, 5.74) is 0. The Hall–Kier alpha value is -0.950. The van der Waals surface area contributed by atoms with Crippen molar-refractivity contribution in [2.24, 2.45) is 5.92 Å². The van der Waals surface area contributed by atoms with E-state index in [0.717, 1.165) is 32.0 Å². The molecule has 0 unspecified atom stereocenters. The fourth-order valence-corrected chi connectivity index (χ4v) is 3.02. The van der Waals surface area contributed by atoms with Crippen LogP contribution in [-0.2, 0) is 0 Å². The number of halogens is 4. The first-order valence-electron chi connectivity index (χ1n) is 7.74. The molecule has 1 fully saturated rings. The van der Waals surface area contributed by atoms with Crippen LogP contribution in [0.3, 0.4) is 0 Å². The molecule has 0 radical (unpaired) electrons. The van der Waals surface area contributed by atoms with Gasteiger partial charge in [0.1, 0.15) is 11.5 Å². The van der Waals surface area contributed by atoms with Crippen molar-refractivity contribution in [1.82, 2.24) is 4.90 Å². The van der Waals surface area contributed by atoms with Crippen LogP contribution in [0.4, 0.5) is 13.2 Å². The minimum Gasteiger partial charge on any atom is -0.492 e. The number of hydrogen-bond acceptors (Lipinski definition) is 3. The minimum absolute atomic E-state index is 0.265. The van der Waals surface area contributed by atoms with Crippen molar-refractivity contribution in [3.05, 3.63) is 22.7 Å². The summed E-state index contributed by atoms with van der Waals surface area (Å²) in [6.07, 6.45) is -1.31. The number of benzene rings is 1. The molecule has 1 aliphatic rings. The van der Waals surface area contributed by atoms with Crippen LogP contribution >= 0.6 is 15.9 Å². The molecule has 0 N–H and O–H groups in total. The summed E-state index contributed by atoms with van der Waals surface area (Å²) >= 11 is 3.21. The number of piperidine rings is 1. The van der Waals surface area contributed by atoms with E-state index in [1.54, 1.807) is 0 Å². The third-order valence-corrected chi connectivity index (χ3v) is 4.51. The molecule has 0 amide bonds. The molecule has 0 bridgehead atoms. The smallest absolute Gasteiger partial charge is 0.492 e. The zero-order chi connectivity index (χ0) is 16.9. The Morgan fingerprint density at radius 3 is 2.57 bits per heavy atom. The largest absolute Gasteiger partial charge is 0.573 e. The van der Waals surface area contributed by atoms with E-state index in [-0.39, 0.29) is 5.75 Å². The van der Waals surface area contributed by atoms with E-state index in [2.05, 4.69) is 32.5 Å². The van der Waals surface area contributed by atoms with Gasteiger partial charge in [0.25, 0.3) is 0 Å². The molecule has 7 heteroatoms. The van der Waals surface area contributed by atoms with E-state index >= 15 is 0 Å². The highest BCUT2D eigenvalue weighted by atomic mass is 79.9. The Balaban J connectivity index is 1.73. The molecule has 1 saturated heterocycles. The third-order valence-electron chi connectivity index (χ3n) is 3.89. The number of hydrogen-bond donors (Lipinski definition) is 0. The van der Waals surface area contributed by atoms with Gasteiger partial charge in [-0.3, -0.25) is 0 Å². The second-order valence-corrected chi connectivity index (χ2v) is 6.72. The second kappa shape index (κ2) is 8.24. The van der Waals surface area contributed by atoms with Crippen molar-refractivity contribution in [3.63, 3.8) is 0 Å². The van der Waals surface area contributed by atoms with Crippen molar-refractivity contribution in [2.75, 3.05) is 26.2 Å². The first-order valence-corrected chi connectivity index (χ1v) is 8.53. The number of rotatable bonds is 6. The molecule has 3 nitrogen and oxygen atoms in total. The second-order valence-electron chi connectivity index (χ2n) is 5.87. The van der Waals surface area contributed by atoms with Crippen LogP contribution in [0, 0.1) is 5.92 Å². The van der Waals surface area contributed by atoms with E-state index in [1.807, 2.05) is 0 Å².